The van der Waals surface area contributed by atoms with E-state index in [0.717, 1.165) is 0 Å². The molecule has 25 heavy (non-hydrogen) atoms. The Bertz CT molecular complexity index is 804. The first-order chi connectivity index (χ1) is 11.8. The summed E-state index contributed by atoms with van der Waals surface area (Å²) in [6.45, 7) is 0. The van der Waals surface area contributed by atoms with Gasteiger partial charge in [0.05, 0.1) is 11.8 Å². The summed E-state index contributed by atoms with van der Waals surface area (Å²) in [6, 6.07) is 12.6. The van der Waals surface area contributed by atoms with Gasteiger partial charge in [0.25, 0.3) is 5.91 Å². The largest absolute Gasteiger partial charge is 0.508 e. The molecule has 0 bridgehead atoms. The van der Waals surface area contributed by atoms with Crippen LogP contribution in [0.1, 0.15) is 11.7 Å². The molecule has 0 spiro atoms. The molecule has 2 N–H and O–H groups in total. The predicted octanol–water partition coefficient (Wildman–Crippen LogP) is 3.01. The highest BCUT2D eigenvalue weighted by Crippen LogP contribution is 2.38. The van der Waals surface area contributed by atoms with E-state index in [0.29, 0.717) is 5.01 Å². The van der Waals surface area contributed by atoms with E-state index in [1.807, 2.05) is 0 Å². The standard InChI is InChI=1S/C17H13F3N2O3/c18-17(19,20)15-13(14(24)10-6-8-12(23)9-7-10)16(25)22(21-15)11-4-2-1-3-5-11/h1-9,13-14,23-24H/t13-,14-/m0/s1. The number of anilines is 1. The van der Waals surface area contributed by atoms with Crippen LogP contribution >= 0.6 is 0 Å². The molecule has 2 aromatic carbocycles. The van der Waals surface area contributed by atoms with Gasteiger partial charge >= 0.3 is 6.18 Å². The number of aromatic hydroxyl groups is 1. The number of alkyl halides is 3. The van der Waals surface area contributed by atoms with E-state index in [4.69, 9.17) is 0 Å². The minimum absolute atomic E-state index is 0.0722. The summed E-state index contributed by atoms with van der Waals surface area (Å²) in [6.07, 6.45) is -6.62. The van der Waals surface area contributed by atoms with Gasteiger partial charge < -0.3 is 10.2 Å². The summed E-state index contributed by atoms with van der Waals surface area (Å²) in [4.78, 5) is 12.5. The maximum Gasteiger partial charge on any atom is 0.432 e. The van der Waals surface area contributed by atoms with Crippen molar-refractivity contribution in [3.05, 3.63) is 60.2 Å². The van der Waals surface area contributed by atoms with Crippen LogP contribution in [0.5, 0.6) is 5.75 Å². The van der Waals surface area contributed by atoms with Crippen molar-refractivity contribution in [2.75, 3.05) is 5.01 Å². The molecule has 0 fully saturated rings. The molecule has 5 nitrogen and oxygen atoms in total. The van der Waals surface area contributed by atoms with Crippen molar-refractivity contribution >= 4 is 17.3 Å². The Hall–Kier alpha value is -2.87. The molecule has 1 heterocycles. The Balaban J connectivity index is 2.01. The summed E-state index contributed by atoms with van der Waals surface area (Å²) in [5.74, 6) is -2.96. The minimum atomic E-state index is -4.87. The summed E-state index contributed by atoms with van der Waals surface area (Å²) >= 11 is 0. The fourth-order valence-electron chi connectivity index (χ4n) is 2.60. The van der Waals surface area contributed by atoms with Crippen LogP contribution in [0.15, 0.2) is 59.7 Å². The Morgan fingerprint density at radius 2 is 1.64 bits per heavy atom. The van der Waals surface area contributed by atoms with E-state index < -0.39 is 29.8 Å². The van der Waals surface area contributed by atoms with Gasteiger partial charge in [0.15, 0.2) is 5.71 Å². The van der Waals surface area contributed by atoms with Crippen LogP contribution in [-0.4, -0.2) is 28.0 Å². The van der Waals surface area contributed by atoms with Crippen LogP contribution in [0.3, 0.4) is 0 Å². The number of hydrogen-bond acceptors (Lipinski definition) is 4. The molecular weight excluding hydrogens is 337 g/mol. The predicted molar refractivity (Wildman–Crippen MR) is 84.0 cm³/mol. The third-order valence-corrected chi connectivity index (χ3v) is 3.82. The molecule has 1 aliphatic heterocycles. The third kappa shape index (κ3) is 3.20. The zero-order valence-electron chi connectivity index (χ0n) is 12.7. The zero-order chi connectivity index (χ0) is 18.2. The zero-order valence-corrected chi connectivity index (χ0v) is 12.7. The molecule has 0 aromatic heterocycles. The number of halogens is 3. The number of nitrogens with zero attached hydrogens (tertiary/aromatic N) is 2. The van der Waals surface area contributed by atoms with Crippen molar-refractivity contribution < 1.29 is 28.2 Å². The van der Waals surface area contributed by atoms with Crippen LogP contribution in [0.25, 0.3) is 0 Å². The van der Waals surface area contributed by atoms with Gasteiger partial charge in [-0.15, -0.1) is 0 Å². The molecule has 0 saturated heterocycles. The second kappa shape index (κ2) is 6.21. The highest BCUT2D eigenvalue weighted by atomic mass is 19.4. The van der Waals surface area contributed by atoms with Crippen LogP contribution in [0, 0.1) is 5.92 Å². The van der Waals surface area contributed by atoms with Crippen LogP contribution in [0.4, 0.5) is 18.9 Å². The number of carbonyl (C=O) groups excluding carboxylic acids is 1. The maximum absolute atomic E-state index is 13.4. The van der Waals surface area contributed by atoms with Crippen LogP contribution < -0.4 is 5.01 Å². The molecule has 3 rings (SSSR count). The molecule has 2 atom stereocenters. The molecule has 0 unspecified atom stereocenters. The van der Waals surface area contributed by atoms with E-state index in [-0.39, 0.29) is 17.0 Å². The lowest BCUT2D eigenvalue weighted by Gasteiger charge is -2.20. The third-order valence-electron chi connectivity index (χ3n) is 3.82. The number of phenolic OH excluding ortho intramolecular Hbond substituents is 1. The van der Waals surface area contributed by atoms with Gasteiger partial charge in [-0.25, -0.2) is 0 Å². The van der Waals surface area contributed by atoms with Crippen molar-refractivity contribution in [1.82, 2.24) is 0 Å². The highest BCUT2D eigenvalue weighted by Gasteiger charge is 2.53. The van der Waals surface area contributed by atoms with E-state index in [9.17, 15) is 28.2 Å². The lowest BCUT2D eigenvalue weighted by Crippen LogP contribution is -2.37. The summed E-state index contributed by atoms with van der Waals surface area (Å²) < 4.78 is 40.1. The number of hydrogen-bond donors (Lipinski definition) is 2. The molecule has 0 saturated carbocycles. The van der Waals surface area contributed by atoms with E-state index in [2.05, 4.69) is 5.10 Å². The smallest absolute Gasteiger partial charge is 0.432 e. The van der Waals surface area contributed by atoms with Crippen molar-refractivity contribution in [3.63, 3.8) is 0 Å². The molecular formula is C17H13F3N2O3. The topological polar surface area (TPSA) is 73.1 Å². The number of para-hydroxylation sites is 1. The fraction of sp³-hybridized carbons (Fsp3) is 0.176. The molecule has 1 aliphatic rings. The van der Waals surface area contributed by atoms with Crippen molar-refractivity contribution in [2.24, 2.45) is 11.0 Å². The van der Waals surface area contributed by atoms with Gasteiger partial charge in [-0.05, 0) is 29.8 Å². The van der Waals surface area contributed by atoms with Crippen molar-refractivity contribution in [1.29, 1.82) is 0 Å². The Labute approximate surface area is 140 Å². The molecule has 2 aromatic rings. The molecule has 1 amide bonds. The monoisotopic (exact) mass is 350 g/mol. The number of amides is 1. The summed E-state index contributed by atoms with van der Waals surface area (Å²) in [7, 11) is 0. The summed E-state index contributed by atoms with van der Waals surface area (Å²) in [5, 5.41) is 23.7. The first kappa shape index (κ1) is 17.0. The van der Waals surface area contributed by atoms with Gasteiger partial charge in [0.1, 0.15) is 11.7 Å². The average Bonchev–Trinajstić information content (AvgIpc) is 2.93. The number of hydrazone groups is 1. The van der Waals surface area contributed by atoms with Gasteiger partial charge in [-0.3, -0.25) is 4.79 Å². The Morgan fingerprint density at radius 3 is 2.20 bits per heavy atom. The van der Waals surface area contributed by atoms with E-state index >= 15 is 0 Å². The molecule has 0 aliphatic carbocycles. The molecule has 0 radical (unpaired) electrons. The quantitative estimate of drug-likeness (QED) is 0.894. The number of aliphatic hydroxyl groups excluding tert-OH is 1. The first-order valence-corrected chi connectivity index (χ1v) is 7.31. The minimum Gasteiger partial charge on any atom is -0.508 e. The number of aliphatic hydroxyl groups is 1. The number of benzene rings is 2. The maximum atomic E-state index is 13.4. The van der Waals surface area contributed by atoms with Gasteiger partial charge in [0, 0.05) is 0 Å². The van der Waals surface area contributed by atoms with Gasteiger partial charge in [-0.2, -0.15) is 23.3 Å². The number of phenols is 1. The Morgan fingerprint density at radius 1 is 1.04 bits per heavy atom. The SMILES string of the molecule is O=C1[C@@H]([C@@H](O)c2ccc(O)cc2)C(C(F)(F)F)=NN1c1ccccc1. The lowest BCUT2D eigenvalue weighted by atomic mass is 9.91. The number of rotatable bonds is 3. The number of carbonyl (C=O) groups is 1. The first-order valence-electron chi connectivity index (χ1n) is 7.31. The lowest BCUT2D eigenvalue weighted by molar-refractivity contribution is -0.123. The van der Waals surface area contributed by atoms with Crippen molar-refractivity contribution in [3.8, 4) is 5.75 Å². The second-order valence-corrected chi connectivity index (χ2v) is 5.48. The summed E-state index contributed by atoms with van der Waals surface area (Å²) in [5.41, 5.74) is -1.11. The molecule has 8 heteroatoms. The second-order valence-electron chi connectivity index (χ2n) is 5.48. The highest BCUT2D eigenvalue weighted by molar-refractivity contribution is 6.17. The normalized spacial score (nSPS) is 19.0. The van der Waals surface area contributed by atoms with Gasteiger partial charge in [0.2, 0.25) is 0 Å². The molecule has 130 valence electrons. The van der Waals surface area contributed by atoms with Crippen LogP contribution in [-0.2, 0) is 4.79 Å². The van der Waals surface area contributed by atoms with Crippen LogP contribution in [0.2, 0.25) is 0 Å². The Kier molecular flexibility index (Phi) is 4.22. The average molecular weight is 350 g/mol. The fourth-order valence-corrected chi connectivity index (χ4v) is 2.60. The van der Waals surface area contributed by atoms with Crippen molar-refractivity contribution in [2.45, 2.75) is 12.3 Å². The van der Waals surface area contributed by atoms with E-state index in [1.165, 1.54) is 36.4 Å². The van der Waals surface area contributed by atoms with Gasteiger partial charge in [-0.1, -0.05) is 30.3 Å². The van der Waals surface area contributed by atoms with E-state index in [1.54, 1.807) is 18.2 Å².